The molecule has 0 saturated carbocycles. The molecule has 23 heavy (non-hydrogen) atoms. The average Bonchev–Trinajstić information content (AvgIpc) is 2.99. The van der Waals surface area contributed by atoms with Gasteiger partial charge in [0.1, 0.15) is 0 Å². The van der Waals surface area contributed by atoms with Crippen molar-refractivity contribution in [2.24, 2.45) is 0 Å². The fraction of sp³-hybridized carbons (Fsp3) is 0.111. The highest BCUT2D eigenvalue weighted by molar-refractivity contribution is 14.1. The zero-order valence-electron chi connectivity index (χ0n) is 12.5. The maximum atomic E-state index is 12.4. The van der Waals surface area contributed by atoms with Gasteiger partial charge >= 0.3 is 0 Å². The van der Waals surface area contributed by atoms with E-state index in [0.717, 1.165) is 21.2 Å². The molecule has 0 aliphatic carbocycles. The predicted octanol–water partition coefficient (Wildman–Crippen LogP) is 5.23. The molecule has 3 rings (SSSR count). The highest BCUT2D eigenvalue weighted by Gasteiger charge is 2.15. The third kappa shape index (κ3) is 3.61. The molecule has 2 aromatic carbocycles. The van der Waals surface area contributed by atoms with Crippen molar-refractivity contribution < 1.29 is 4.79 Å². The zero-order chi connectivity index (χ0) is 16.2. The first kappa shape index (κ1) is 16.1. The molecule has 0 unspecified atom stereocenters. The van der Waals surface area contributed by atoms with Gasteiger partial charge in [0.2, 0.25) is 0 Å². The van der Waals surface area contributed by atoms with Crippen LogP contribution in [0.3, 0.4) is 0 Å². The Balaban J connectivity index is 1.89. The molecule has 116 valence electrons. The summed E-state index contributed by atoms with van der Waals surface area (Å²) in [7, 11) is 0. The summed E-state index contributed by atoms with van der Waals surface area (Å²) in [5.41, 5.74) is 2.70. The van der Waals surface area contributed by atoms with Crippen molar-refractivity contribution in [3.63, 3.8) is 0 Å². The van der Waals surface area contributed by atoms with Crippen LogP contribution in [0, 0.1) is 3.57 Å². The maximum absolute atomic E-state index is 12.4. The summed E-state index contributed by atoms with van der Waals surface area (Å²) in [5, 5.41) is 3.57. The van der Waals surface area contributed by atoms with E-state index in [2.05, 4.69) is 39.8 Å². The molecule has 0 atom stereocenters. The van der Waals surface area contributed by atoms with Gasteiger partial charge < -0.3 is 0 Å². The van der Waals surface area contributed by atoms with E-state index in [-0.39, 0.29) is 5.91 Å². The first-order valence-electron chi connectivity index (χ1n) is 7.30. The van der Waals surface area contributed by atoms with Crippen LogP contribution in [0.4, 0.5) is 5.13 Å². The van der Waals surface area contributed by atoms with Gasteiger partial charge in [-0.05, 0) is 41.1 Å². The van der Waals surface area contributed by atoms with Gasteiger partial charge in [-0.1, -0.05) is 49.4 Å². The SMILES string of the molecule is CCc1sc(NC(=O)c2ccccc2I)nc1-c1ccccc1. The van der Waals surface area contributed by atoms with Gasteiger partial charge in [-0.3, -0.25) is 10.1 Å². The van der Waals surface area contributed by atoms with Crippen LogP contribution in [0.15, 0.2) is 54.6 Å². The van der Waals surface area contributed by atoms with Crippen LogP contribution in [-0.2, 0) is 6.42 Å². The molecule has 0 fully saturated rings. The van der Waals surface area contributed by atoms with Crippen LogP contribution >= 0.6 is 33.9 Å². The molecule has 1 N–H and O–H groups in total. The second-order valence-electron chi connectivity index (χ2n) is 4.94. The van der Waals surface area contributed by atoms with Crippen LogP contribution in [0.1, 0.15) is 22.2 Å². The number of anilines is 1. The molecular formula is C18H15IN2OS. The Bertz CT molecular complexity index is 830. The van der Waals surface area contributed by atoms with Gasteiger partial charge in [0, 0.05) is 14.0 Å². The highest BCUT2D eigenvalue weighted by Crippen LogP contribution is 2.31. The molecule has 0 aliphatic heterocycles. The molecule has 3 nitrogen and oxygen atoms in total. The molecule has 5 heteroatoms. The number of thiazole rings is 1. The van der Waals surface area contributed by atoms with Crippen molar-refractivity contribution in [1.82, 2.24) is 4.98 Å². The van der Waals surface area contributed by atoms with Crippen molar-refractivity contribution in [2.45, 2.75) is 13.3 Å². The zero-order valence-corrected chi connectivity index (χ0v) is 15.5. The first-order valence-corrected chi connectivity index (χ1v) is 9.19. The molecular weight excluding hydrogens is 419 g/mol. The quantitative estimate of drug-likeness (QED) is 0.572. The Kier molecular flexibility index (Phi) is 5.07. The van der Waals surface area contributed by atoms with E-state index in [1.807, 2.05) is 54.6 Å². The number of aryl methyl sites for hydroxylation is 1. The predicted molar refractivity (Wildman–Crippen MR) is 104 cm³/mol. The fourth-order valence-electron chi connectivity index (χ4n) is 2.28. The topological polar surface area (TPSA) is 42.0 Å². The normalized spacial score (nSPS) is 10.5. The largest absolute Gasteiger partial charge is 0.298 e. The second-order valence-corrected chi connectivity index (χ2v) is 7.19. The van der Waals surface area contributed by atoms with Crippen LogP contribution in [0.2, 0.25) is 0 Å². The van der Waals surface area contributed by atoms with Crippen LogP contribution in [0.5, 0.6) is 0 Å². The summed E-state index contributed by atoms with van der Waals surface area (Å²) in [6.45, 7) is 2.10. The van der Waals surface area contributed by atoms with E-state index in [9.17, 15) is 4.79 Å². The molecule has 0 saturated heterocycles. The number of carbonyl (C=O) groups is 1. The summed E-state index contributed by atoms with van der Waals surface area (Å²) < 4.78 is 0.929. The van der Waals surface area contributed by atoms with Gasteiger partial charge in [-0.25, -0.2) is 4.98 Å². The van der Waals surface area contributed by atoms with E-state index in [1.54, 1.807) is 0 Å². The summed E-state index contributed by atoms with van der Waals surface area (Å²) in [4.78, 5) is 18.2. The maximum Gasteiger partial charge on any atom is 0.258 e. The lowest BCUT2D eigenvalue weighted by Gasteiger charge is -2.03. The minimum Gasteiger partial charge on any atom is -0.298 e. The van der Waals surface area contributed by atoms with Crippen molar-refractivity contribution in [1.29, 1.82) is 0 Å². The Morgan fingerprint density at radius 1 is 1.13 bits per heavy atom. The Morgan fingerprint density at radius 2 is 1.83 bits per heavy atom. The van der Waals surface area contributed by atoms with E-state index in [4.69, 9.17) is 0 Å². The summed E-state index contributed by atoms with van der Waals surface area (Å²) in [5.74, 6) is -0.119. The van der Waals surface area contributed by atoms with Crippen molar-refractivity contribution >= 4 is 45.0 Å². The minimum absolute atomic E-state index is 0.119. The van der Waals surface area contributed by atoms with Gasteiger partial charge in [0.05, 0.1) is 11.3 Å². The van der Waals surface area contributed by atoms with Gasteiger partial charge in [-0.2, -0.15) is 0 Å². The molecule has 1 aromatic heterocycles. The molecule has 0 bridgehead atoms. The lowest BCUT2D eigenvalue weighted by molar-refractivity contribution is 0.102. The third-order valence-electron chi connectivity index (χ3n) is 3.40. The van der Waals surface area contributed by atoms with Gasteiger partial charge in [0.15, 0.2) is 5.13 Å². The second kappa shape index (κ2) is 7.23. The number of benzene rings is 2. The number of nitrogens with zero attached hydrogens (tertiary/aromatic N) is 1. The Morgan fingerprint density at radius 3 is 2.52 bits per heavy atom. The van der Waals surface area contributed by atoms with Crippen LogP contribution in [-0.4, -0.2) is 10.9 Å². The molecule has 1 amide bonds. The summed E-state index contributed by atoms with van der Waals surface area (Å²) in [6, 6.07) is 17.6. The molecule has 0 spiro atoms. The Labute approximate surface area is 152 Å². The number of rotatable bonds is 4. The lowest BCUT2D eigenvalue weighted by Crippen LogP contribution is -2.13. The Hall–Kier alpha value is -1.73. The number of aromatic nitrogens is 1. The van der Waals surface area contributed by atoms with E-state index >= 15 is 0 Å². The number of hydrogen-bond donors (Lipinski definition) is 1. The standard InChI is InChI=1S/C18H15IN2OS/c1-2-15-16(12-8-4-3-5-9-12)20-18(23-15)21-17(22)13-10-6-7-11-14(13)19/h3-11H,2H2,1H3,(H,20,21,22). The number of hydrogen-bond acceptors (Lipinski definition) is 3. The average molecular weight is 434 g/mol. The fourth-order valence-corrected chi connectivity index (χ4v) is 3.83. The number of nitrogens with one attached hydrogen (secondary N) is 1. The van der Waals surface area contributed by atoms with Crippen molar-refractivity contribution in [2.75, 3.05) is 5.32 Å². The van der Waals surface area contributed by atoms with Crippen molar-refractivity contribution in [3.05, 3.63) is 68.6 Å². The van der Waals surface area contributed by atoms with E-state index in [1.165, 1.54) is 16.2 Å². The molecule has 1 heterocycles. The summed E-state index contributed by atoms with van der Waals surface area (Å²) >= 11 is 3.71. The van der Waals surface area contributed by atoms with Crippen molar-refractivity contribution in [3.8, 4) is 11.3 Å². The monoisotopic (exact) mass is 434 g/mol. The molecule has 0 radical (unpaired) electrons. The molecule has 0 aliphatic rings. The van der Waals surface area contributed by atoms with E-state index in [0.29, 0.717) is 10.7 Å². The summed E-state index contributed by atoms with van der Waals surface area (Å²) in [6.07, 6.45) is 0.890. The minimum atomic E-state index is -0.119. The van der Waals surface area contributed by atoms with Gasteiger partial charge in [0.25, 0.3) is 5.91 Å². The third-order valence-corrected chi connectivity index (χ3v) is 5.46. The van der Waals surface area contributed by atoms with Crippen LogP contribution in [0.25, 0.3) is 11.3 Å². The smallest absolute Gasteiger partial charge is 0.258 e. The number of halogens is 1. The highest BCUT2D eigenvalue weighted by atomic mass is 127. The number of carbonyl (C=O) groups excluding carboxylic acids is 1. The van der Waals surface area contributed by atoms with Gasteiger partial charge in [-0.15, -0.1) is 11.3 Å². The first-order chi connectivity index (χ1) is 11.2. The number of amides is 1. The van der Waals surface area contributed by atoms with Crippen LogP contribution < -0.4 is 5.32 Å². The lowest BCUT2D eigenvalue weighted by atomic mass is 10.1. The molecule has 3 aromatic rings. The van der Waals surface area contributed by atoms with E-state index < -0.39 is 0 Å².